The Hall–Kier alpha value is -1.25. The van der Waals surface area contributed by atoms with Crippen LogP contribution in [0.15, 0.2) is 36.5 Å². The van der Waals surface area contributed by atoms with E-state index >= 15 is 0 Å². The summed E-state index contributed by atoms with van der Waals surface area (Å²) in [7, 11) is 0. The van der Waals surface area contributed by atoms with E-state index in [0.29, 0.717) is 15.9 Å². The molecule has 1 aromatic heterocycles. The first-order valence-corrected chi connectivity index (χ1v) is 6.05. The van der Waals surface area contributed by atoms with Crippen LogP contribution >= 0.6 is 23.2 Å². The Kier molecular flexibility index (Phi) is 3.87. The van der Waals surface area contributed by atoms with Crippen LogP contribution in [0.1, 0.15) is 11.1 Å². The molecule has 0 radical (unpaired) electrons. The van der Waals surface area contributed by atoms with E-state index in [9.17, 15) is 0 Å². The first kappa shape index (κ1) is 12.2. The van der Waals surface area contributed by atoms with Crippen LogP contribution in [0.3, 0.4) is 0 Å². The lowest BCUT2D eigenvalue weighted by molar-refractivity contribution is 0.957. The number of aryl methyl sites for hydroxylation is 2. The maximum Gasteiger partial charge on any atom is 0.123 e. The minimum Gasteiger partial charge on any atom is -0.384 e. The Morgan fingerprint density at radius 1 is 1.12 bits per heavy atom. The fourth-order valence-electron chi connectivity index (χ4n) is 1.67. The zero-order valence-electron chi connectivity index (χ0n) is 9.16. The van der Waals surface area contributed by atoms with Crippen LogP contribution in [-0.4, -0.2) is 4.98 Å². The molecule has 0 spiro atoms. The Labute approximate surface area is 110 Å². The second kappa shape index (κ2) is 5.39. The maximum absolute atomic E-state index is 6.12. The number of hydrogen-bond acceptors (Lipinski definition) is 2. The Morgan fingerprint density at radius 2 is 1.94 bits per heavy atom. The number of nitrogen functional groups attached to an aromatic ring is 1. The van der Waals surface area contributed by atoms with Crippen molar-refractivity contribution < 1.29 is 0 Å². The van der Waals surface area contributed by atoms with Crippen molar-refractivity contribution in [3.8, 4) is 0 Å². The van der Waals surface area contributed by atoms with E-state index in [0.717, 1.165) is 24.0 Å². The van der Waals surface area contributed by atoms with Gasteiger partial charge in [0.1, 0.15) is 5.82 Å². The molecule has 0 atom stereocenters. The lowest BCUT2D eigenvalue weighted by Gasteiger charge is -2.06. The molecule has 4 heteroatoms. The predicted molar refractivity (Wildman–Crippen MR) is 72.5 cm³/mol. The van der Waals surface area contributed by atoms with Crippen molar-refractivity contribution in [3.63, 3.8) is 0 Å². The predicted octanol–water partition coefficient (Wildman–Crippen LogP) is 3.76. The molecule has 17 heavy (non-hydrogen) atoms. The molecule has 2 aromatic rings. The van der Waals surface area contributed by atoms with Crippen molar-refractivity contribution in [3.05, 3.63) is 57.7 Å². The minimum atomic E-state index is 0.541. The Balaban J connectivity index is 2.10. The summed E-state index contributed by atoms with van der Waals surface area (Å²) in [5, 5.41) is 1.23. The number of benzene rings is 1. The number of rotatable bonds is 3. The molecule has 1 heterocycles. The SMILES string of the molecule is Nc1cc(CCc2cccc(Cl)c2Cl)ccn1. The van der Waals surface area contributed by atoms with E-state index in [-0.39, 0.29) is 0 Å². The first-order valence-electron chi connectivity index (χ1n) is 5.30. The van der Waals surface area contributed by atoms with Gasteiger partial charge >= 0.3 is 0 Å². The molecular formula is C13H12Cl2N2. The molecule has 0 saturated carbocycles. The molecule has 2 N–H and O–H groups in total. The van der Waals surface area contributed by atoms with E-state index in [1.54, 1.807) is 12.3 Å². The van der Waals surface area contributed by atoms with Gasteiger partial charge in [-0.05, 0) is 42.2 Å². The highest BCUT2D eigenvalue weighted by atomic mass is 35.5. The van der Waals surface area contributed by atoms with Gasteiger partial charge in [0.25, 0.3) is 0 Å². The number of hydrogen-bond donors (Lipinski definition) is 1. The highest BCUT2D eigenvalue weighted by Crippen LogP contribution is 2.26. The molecule has 2 rings (SSSR count). The number of aromatic nitrogens is 1. The zero-order chi connectivity index (χ0) is 12.3. The summed E-state index contributed by atoms with van der Waals surface area (Å²) >= 11 is 12.1. The van der Waals surface area contributed by atoms with Crippen molar-refractivity contribution >= 4 is 29.0 Å². The van der Waals surface area contributed by atoms with E-state index in [1.807, 2.05) is 24.3 Å². The van der Waals surface area contributed by atoms with E-state index in [2.05, 4.69) is 4.98 Å². The standard InChI is InChI=1S/C13H12Cl2N2/c14-11-3-1-2-10(13(11)15)5-4-9-6-7-17-12(16)8-9/h1-3,6-8H,4-5H2,(H2,16,17). The number of anilines is 1. The monoisotopic (exact) mass is 266 g/mol. The van der Waals surface area contributed by atoms with Crippen LogP contribution in [0.25, 0.3) is 0 Å². The molecule has 0 saturated heterocycles. The normalized spacial score (nSPS) is 10.5. The van der Waals surface area contributed by atoms with Gasteiger partial charge in [-0.1, -0.05) is 35.3 Å². The van der Waals surface area contributed by atoms with Crippen molar-refractivity contribution in [2.75, 3.05) is 5.73 Å². The molecule has 0 aliphatic carbocycles. The quantitative estimate of drug-likeness (QED) is 0.919. The molecular weight excluding hydrogens is 255 g/mol. The van der Waals surface area contributed by atoms with Gasteiger partial charge in [0.2, 0.25) is 0 Å². The number of nitrogens with two attached hydrogens (primary N) is 1. The highest BCUT2D eigenvalue weighted by Gasteiger charge is 2.04. The molecule has 0 bridgehead atoms. The second-order valence-corrected chi connectivity index (χ2v) is 4.59. The van der Waals surface area contributed by atoms with Crippen LogP contribution in [-0.2, 0) is 12.8 Å². The average molecular weight is 267 g/mol. The van der Waals surface area contributed by atoms with E-state index in [1.165, 1.54) is 0 Å². The fraction of sp³-hybridized carbons (Fsp3) is 0.154. The molecule has 0 amide bonds. The Morgan fingerprint density at radius 3 is 2.71 bits per heavy atom. The van der Waals surface area contributed by atoms with Crippen molar-refractivity contribution in [2.24, 2.45) is 0 Å². The van der Waals surface area contributed by atoms with Crippen molar-refractivity contribution in [2.45, 2.75) is 12.8 Å². The Bertz CT molecular complexity index is 527. The summed E-state index contributed by atoms with van der Waals surface area (Å²) in [6.45, 7) is 0. The summed E-state index contributed by atoms with van der Waals surface area (Å²) < 4.78 is 0. The third-order valence-corrected chi connectivity index (χ3v) is 3.42. The van der Waals surface area contributed by atoms with Gasteiger partial charge < -0.3 is 5.73 Å². The smallest absolute Gasteiger partial charge is 0.123 e. The topological polar surface area (TPSA) is 38.9 Å². The summed E-state index contributed by atoms with van der Waals surface area (Å²) in [5.74, 6) is 0.541. The lowest BCUT2D eigenvalue weighted by atomic mass is 10.1. The third-order valence-electron chi connectivity index (χ3n) is 2.56. The zero-order valence-corrected chi connectivity index (χ0v) is 10.7. The summed E-state index contributed by atoms with van der Waals surface area (Å²) in [5.41, 5.74) is 7.82. The lowest BCUT2D eigenvalue weighted by Crippen LogP contribution is -1.95. The van der Waals surface area contributed by atoms with Crippen molar-refractivity contribution in [1.29, 1.82) is 0 Å². The molecule has 0 fully saturated rings. The van der Waals surface area contributed by atoms with Crippen LogP contribution in [0.5, 0.6) is 0 Å². The molecule has 0 aliphatic heterocycles. The fourth-order valence-corrected chi connectivity index (χ4v) is 2.09. The van der Waals surface area contributed by atoms with E-state index < -0.39 is 0 Å². The van der Waals surface area contributed by atoms with Gasteiger partial charge in [-0.3, -0.25) is 0 Å². The number of nitrogens with zero attached hydrogens (tertiary/aromatic N) is 1. The molecule has 2 nitrogen and oxygen atoms in total. The molecule has 0 unspecified atom stereocenters. The van der Waals surface area contributed by atoms with Gasteiger partial charge in [0.15, 0.2) is 0 Å². The second-order valence-electron chi connectivity index (χ2n) is 3.80. The van der Waals surface area contributed by atoms with Crippen LogP contribution in [0.2, 0.25) is 10.0 Å². The van der Waals surface area contributed by atoms with Gasteiger partial charge in [0.05, 0.1) is 10.0 Å². The number of halogens is 2. The highest BCUT2D eigenvalue weighted by molar-refractivity contribution is 6.42. The maximum atomic E-state index is 6.12. The van der Waals surface area contributed by atoms with Crippen molar-refractivity contribution in [1.82, 2.24) is 4.98 Å². The van der Waals surface area contributed by atoms with Crippen LogP contribution in [0.4, 0.5) is 5.82 Å². The summed E-state index contributed by atoms with van der Waals surface area (Å²) in [4.78, 5) is 3.96. The summed E-state index contributed by atoms with van der Waals surface area (Å²) in [6, 6.07) is 9.51. The average Bonchev–Trinajstić information content (AvgIpc) is 2.31. The third kappa shape index (κ3) is 3.11. The van der Waals surface area contributed by atoms with E-state index in [4.69, 9.17) is 28.9 Å². The number of pyridine rings is 1. The van der Waals surface area contributed by atoms with Gasteiger partial charge in [-0.2, -0.15) is 0 Å². The largest absolute Gasteiger partial charge is 0.384 e. The minimum absolute atomic E-state index is 0.541. The van der Waals surface area contributed by atoms with Gasteiger partial charge in [-0.15, -0.1) is 0 Å². The summed E-state index contributed by atoms with van der Waals surface area (Å²) in [6.07, 6.45) is 3.42. The molecule has 1 aromatic carbocycles. The van der Waals surface area contributed by atoms with Gasteiger partial charge in [-0.25, -0.2) is 4.98 Å². The first-order chi connectivity index (χ1) is 8.16. The van der Waals surface area contributed by atoms with Gasteiger partial charge in [0, 0.05) is 6.20 Å². The molecule has 88 valence electrons. The molecule has 0 aliphatic rings. The van der Waals surface area contributed by atoms with Crippen LogP contribution in [0, 0.1) is 0 Å². The van der Waals surface area contributed by atoms with Crippen LogP contribution < -0.4 is 5.73 Å².